The van der Waals surface area contributed by atoms with Crippen LogP contribution in [-0.4, -0.2) is 54.4 Å². The lowest BCUT2D eigenvalue weighted by Crippen LogP contribution is -2.51. The second-order valence-electron chi connectivity index (χ2n) is 7.89. The van der Waals surface area contributed by atoms with Crippen molar-refractivity contribution < 1.29 is 14.3 Å². The Morgan fingerprint density at radius 3 is 2.29 bits per heavy atom. The van der Waals surface area contributed by atoms with Crippen LogP contribution in [0.4, 0.5) is 0 Å². The number of carbonyl (C=O) groups is 2. The van der Waals surface area contributed by atoms with Crippen molar-refractivity contribution in [3.05, 3.63) is 34.9 Å². The second kappa shape index (κ2) is 10.8. The highest BCUT2D eigenvalue weighted by Crippen LogP contribution is 2.27. The van der Waals surface area contributed by atoms with Gasteiger partial charge in [0, 0.05) is 37.6 Å². The molecule has 2 amide bonds. The van der Waals surface area contributed by atoms with Crippen molar-refractivity contribution in [2.45, 2.75) is 51.6 Å². The molecule has 2 aliphatic rings. The van der Waals surface area contributed by atoms with Crippen LogP contribution in [0.25, 0.3) is 0 Å². The number of piperazine rings is 1. The van der Waals surface area contributed by atoms with Gasteiger partial charge in [-0.1, -0.05) is 61.9 Å². The van der Waals surface area contributed by atoms with Crippen molar-refractivity contribution in [1.82, 2.24) is 9.80 Å². The molecule has 0 spiro atoms. The number of carbonyl (C=O) groups excluding carboxylic acids is 2. The highest BCUT2D eigenvalue weighted by atomic mass is 35.5. The lowest BCUT2D eigenvalue weighted by molar-refractivity contribution is -0.142. The van der Waals surface area contributed by atoms with Crippen molar-refractivity contribution in [2.75, 3.05) is 32.8 Å². The molecule has 2 fully saturated rings. The fraction of sp³-hybridized carbons (Fsp3) is 0.636. The molecule has 1 aliphatic heterocycles. The molecular weight excluding hydrogens is 376 g/mol. The van der Waals surface area contributed by atoms with Gasteiger partial charge in [0.1, 0.15) is 6.61 Å². The molecule has 1 heterocycles. The largest absolute Gasteiger partial charge is 0.367 e. The van der Waals surface area contributed by atoms with E-state index < -0.39 is 0 Å². The minimum atomic E-state index is -0.0265. The lowest BCUT2D eigenvalue weighted by Gasteiger charge is -2.35. The topological polar surface area (TPSA) is 49.9 Å². The van der Waals surface area contributed by atoms with E-state index in [2.05, 4.69) is 0 Å². The van der Waals surface area contributed by atoms with Gasteiger partial charge >= 0.3 is 0 Å². The van der Waals surface area contributed by atoms with E-state index in [1.54, 1.807) is 4.90 Å². The molecule has 6 heteroatoms. The molecule has 5 nitrogen and oxygen atoms in total. The first-order chi connectivity index (χ1) is 13.6. The summed E-state index contributed by atoms with van der Waals surface area (Å²) in [7, 11) is 0. The average Bonchev–Trinajstić information content (AvgIpc) is 2.74. The zero-order chi connectivity index (χ0) is 19.8. The van der Waals surface area contributed by atoms with E-state index in [1.807, 2.05) is 29.2 Å². The summed E-state index contributed by atoms with van der Waals surface area (Å²) in [6.45, 7) is 2.79. The van der Waals surface area contributed by atoms with E-state index in [0.717, 1.165) is 17.9 Å². The molecule has 154 valence electrons. The van der Waals surface area contributed by atoms with Crippen LogP contribution in [0.1, 0.15) is 50.5 Å². The second-order valence-corrected chi connectivity index (χ2v) is 8.30. The third-order valence-corrected chi connectivity index (χ3v) is 6.29. The minimum Gasteiger partial charge on any atom is -0.367 e. The fourth-order valence-corrected chi connectivity index (χ4v) is 4.31. The lowest BCUT2D eigenvalue weighted by atomic mass is 9.86. The molecule has 0 unspecified atom stereocenters. The van der Waals surface area contributed by atoms with Crippen LogP contribution in [0.15, 0.2) is 24.3 Å². The van der Waals surface area contributed by atoms with Gasteiger partial charge in [0.2, 0.25) is 11.8 Å². The number of halogens is 1. The van der Waals surface area contributed by atoms with Gasteiger partial charge in [-0.05, 0) is 24.0 Å². The van der Waals surface area contributed by atoms with Gasteiger partial charge in [-0.2, -0.15) is 0 Å². The Labute approximate surface area is 173 Å². The van der Waals surface area contributed by atoms with Gasteiger partial charge in [0.25, 0.3) is 0 Å². The highest BCUT2D eigenvalue weighted by molar-refractivity contribution is 6.31. The average molecular weight is 407 g/mol. The van der Waals surface area contributed by atoms with E-state index >= 15 is 0 Å². The van der Waals surface area contributed by atoms with Gasteiger partial charge in [0.05, 0.1) is 6.61 Å². The first-order valence-electron chi connectivity index (χ1n) is 10.5. The molecule has 3 rings (SSSR count). The third-order valence-electron chi connectivity index (χ3n) is 5.92. The summed E-state index contributed by atoms with van der Waals surface area (Å²) < 4.78 is 5.54. The number of hydrogen-bond donors (Lipinski definition) is 0. The summed E-state index contributed by atoms with van der Waals surface area (Å²) in [6, 6.07) is 7.47. The van der Waals surface area contributed by atoms with Crippen LogP contribution in [0, 0.1) is 5.92 Å². The standard InChI is InChI=1S/C22H31ClN2O3/c23-20-9-5-4-8-19(20)16-28-17-22(27)25-14-12-24(13-15-25)21(26)11-10-18-6-2-1-3-7-18/h4-5,8-9,18H,1-3,6-7,10-17H2. The van der Waals surface area contributed by atoms with E-state index in [1.165, 1.54) is 32.1 Å². The maximum atomic E-state index is 12.5. The van der Waals surface area contributed by atoms with E-state index in [-0.39, 0.29) is 18.4 Å². The van der Waals surface area contributed by atoms with Crippen molar-refractivity contribution in [1.29, 1.82) is 0 Å². The number of benzene rings is 1. The summed E-state index contributed by atoms with van der Waals surface area (Å²) in [5.74, 6) is 0.949. The van der Waals surface area contributed by atoms with Gasteiger partial charge in [0.15, 0.2) is 0 Å². The van der Waals surface area contributed by atoms with Crippen molar-refractivity contribution in [3.8, 4) is 0 Å². The van der Waals surface area contributed by atoms with Gasteiger partial charge in [-0.3, -0.25) is 9.59 Å². The van der Waals surface area contributed by atoms with Crippen LogP contribution in [-0.2, 0) is 20.9 Å². The van der Waals surface area contributed by atoms with E-state index in [9.17, 15) is 9.59 Å². The van der Waals surface area contributed by atoms with Crippen molar-refractivity contribution in [2.24, 2.45) is 5.92 Å². The first kappa shape index (κ1) is 21.1. The Bertz CT molecular complexity index is 653. The molecule has 0 radical (unpaired) electrons. The van der Waals surface area contributed by atoms with Crippen LogP contribution in [0.3, 0.4) is 0 Å². The number of rotatable bonds is 7. The number of nitrogens with zero attached hydrogens (tertiary/aromatic N) is 2. The molecule has 1 aromatic carbocycles. The normalized spacial score (nSPS) is 18.3. The smallest absolute Gasteiger partial charge is 0.248 e. The van der Waals surface area contributed by atoms with Crippen LogP contribution in [0.2, 0.25) is 5.02 Å². The molecule has 0 N–H and O–H groups in total. The Hall–Kier alpha value is -1.59. The SMILES string of the molecule is O=C(CCC1CCCCC1)N1CCN(C(=O)COCc2ccccc2Cl)CC1. The van der Waals surface area contributed by atoms with Gasteiger partial charge < -0.3 is 14.5 Å². The van der Waals surface area contributed by atoms with Gasteiger partial charge in [-0.25, -0.2) is 0 Å². The molecule has 0 bridgehead atoms. The Morgan fingerprint density at radius 1 is 0.964 bits per heavy atom. The number of amides is 2. The molecule has 1 aromatic rings. The molecular formula is C22H31ClN2O3. The molecule has 28 heavy (non-hydrogen) atoms. The summed E-state index contributed by atoms with van der Waals surface area (Å²) in [5, 5.41) is 0.648. The van der Waals surface area contributed by atoms with E-state index in [4.69, 9.17) is 16.3 Å². The van der Waals surface area contributed by atoms with Crippen molar-refractivity contribution in [3.63, 3.8) is 0 Å². The maximum absolute atomic E-state index is 12.5. The minimum absolute atomic E-state index is 0.0265. The zero-order valence-corrected chi connectivity index (χ0v) is 17.3. The molecule has 1 saturated heterocycles. The summed E-state index contributed by atoms with van der Waals surface area (Å²) in [4.78, 5) is 28.5. The molecule has 1 saturated carbocycles. The van der Waals surface area contributed by atoms with E-state index in [0.29, 0.717) is 44.2 Å². The predicted octanol–water partition coefficient (Wildman–Crippen LogP) is 3.89. The number of ether oxygens (including phenoxy) is 1. The van der Waals surface area contributed by atoms with Crippen LogP contribution in [0.5, 0.6) is 0 Å². The summed E-state index contributed by atoms with van der Waals surface area (Å²) >= 11 is 6.10. The Balaban J connectivity index is 1.33. The zero-order valence-electron chi connectivity index (χ0n) is 16.6. The molecule has 0 atom stereocenters. The fourth-order valence-electron chi connectivity index (χ4n) is 4.12. The molecule has 1 aliphatic carbocycles. The third kappa shape index (κ3) is 6.21. The Kier molecular flexibility index (Phi) is 8.16. The van der Waals surface area contributed by atoms with Crippen molar-refractivity contribution >= 4 is 23.4 Å². The van der Waals surface area contributed by atoms with Crippen LogP contribution < -0.4 is 0 Å². The van der Waals surface area contributed by atoms with Gasteiger partial charge in [-0.15, -0.1) is 0 Å². The predicted molar refractivity (Wildman–Crippen MR) is 110 cm³/mol. The quantitative estimate of drug-likeness (QED) is 0.690. The highest BCUT2D eigenvalue weighted by Gasteiger charge is 2.24. The Morgan fingerprint density at radius 2 is 1.61 bits per heavy atom. The first-order valence-corrected chi connectivity index (χ1v) is 10.9. The monoisotopic (exact) mass is 406 g/mol. The summed E-state index contributed by atoms with van der Waals surface area (Å²) in [5.41, 5.74) is 0.880. The maximum Gasteiger partial charge on any atom is 0.248 e. The molecule has 0 aromatic heterocycles. The van der Waals surface area contributed by atoms with Crippen LogP contribution >= 0.6 is 11.6 Å². The summed E-state index contributed by atoms with van der Waals surface area (Å²) in [6.07, 6.45) is 8.22. The number of hydrogen-bond acceptors (Lipinski definition) is 3.